The van der Waals surface area contributed by atoms with Gasteiger partial charge in [-0.15, -0.1) is 0 Å². The Morgan fingerprint density at radius 1 is 1.47 bits per heavy atom. The molecule has 1 atom stereocenters. The summed E-state index contributed by atoms with van der Waals surface area (Å²) >= 11 is 0. The molecule has 19 heavy (non-hydrogen) atoms. The molecule has 2 rings (SSSR count). The smallest absolute Gasteiger partial charge is 0.270 e. The third kappa shape index (κ3) is 2.92. The van der Waals surface area contributed by atoms with Crippen LogP contribution < -0.4 is 5.73 Å². The molecule has 0 saturated carbocycles. The van der Waals surface area contributed by atoms with Crippen molar-refractivity contribution in [2.24, 2.45) is 0 Å². The largest absolute Gasteiger partial charge is 0.397 e. The summed E-state index contributed by atoms with van der Waals surface area (Å²) in [6.45, 7) is 3.46. The maximum absolute atomic E-state index is 12.7. The number of carbonyl (C=O) groups excluding carboxylic acids is 1. The van der Waals surface area contributed by atoms with Gasteiger partial charge in [0.25, 0.3) is 5.91 Å². The highest BCUT2D eigenvalue weighted by Gasteiger charge is 2.27. The number of nitrogens with zero attached hydrogens (tertiary/aromatic N) is 2. The number of nitrogen functional groups attached to an aromatic ring is 1. The molecular formula is C14H23N3O2. The summed E-state index contributed by atoms with van der Waals surface area (Å²) in [6, 6.07) is 1.67. The highest BCUT2D eigenvalue weighted by atomic mass is 16.3. The van der Waals surface area contributed by atoms with E-state index >= 15 is 0 Å². The van der Waals surface area contributed by atoms with Gasteiger partial charge in [0.2, 0.25) is 0 Å². The lowest BCUT2D eigenvalue weighted by Gasteiger charge is -2.28. The number of aliphatic hydroxyl groups is 1. The highest BCUT2D eigenvalue weighted by Crippen LogP contribution is 2.21. The number of anilines is 1. The Kier molecular flexibility index (Phi) is 4.47. The van der Waals surface area contributed by atoms with E-state index in [1.165, 1.54) is 0 Å². The molecule has 1 saturated heterocycles. The van der Waals surface area contributed by atoms with Crippen molar-refractivity contribution < 1.29 is 9.90 Å². The number of aryl methyl sites for hydroxylation is 1. The van der Waals surface area contributed by atoms with Gasteiger partial charge >= 0.3 is 0 Å². The van der Waals surface area contributed by atoms with Crippen LogP contribution in [0.2, 0.25) is 0 Å². The van der Waals surface area contributed by atoms with Crippen LogP contribution in [0, 0.1) is 0 Å². The zero-order valence-corrected chi connectivity index (χ0v) is 11.5. The monoisotopic (exact) mass is 265 g/mol. The zero-order chi connectivity index (χ0) is 13.8. The van der Waals surface area contributed by atoms with Crippen LogP contribution in [0.3, 0.4) is 0 Å². The molecule has 5 nitrogen and oxygen atoms in total. The van der Waals surface area contributed by atoms with Gasteiger partial charge in [0.1, 0.15) is 5.69 Å². The second kappa shape index (κ2) is 6.10. The second-order valence-electron chi connectivity index (χ2n) is 5.13. The molecule has 2 heterocycles. The van der Waals surface area contributed by atoms with E-state index in [2.05, 4.69) is 0 Å². The van der Waals surface area contributed by atoms with E-state index in [0.717, 1.165) is 38.8 Å². The van der Waals surface area contributed by atoms with Gasteiger partial charge in [0.05, 0.1) is 18.3 Å². The molecular weight excluding hydrogens is 242 g/mol. The van der Waals surface area contributed by atoms with Gasteiger partial charge < -0.3 is 20.3 Å². The minimum absolute atomic E-state index is 0.0144. The summed E-state index contributed by atoms with van der Waals surface area (Å²) < 4.78 is 1.87. The zero-order valence-electron chi connectivity index (χ0n) is 11.5. The molecule has 3 N–H and O–H groups in total. The number of aliphatic hydroxyl groups excluding tert-OH is 1. The van der Waals surface area contributed by atoms with Crippen molar-refractivity contribution in [3.8, 4) is 0 Å². The molecule has 1 fully saturated rings. The Morgan fingerprint density at radius 3 is 2.95 bits per heavy atom. The molecule has 1 unspecified atom stereocenters. The van der Waals surface area contributed by atoms with Gasteiger partial charge in [-0.1, -0.05) is 12.8 Å². The van der Waals surface area contributed by atoms with Crippen LogP contribution in [0.25, 0.3) is 0 Å². The Morgan fingerprint density at radius 2 is 2.26 bits per heavy atom. The van der Waals surface area contributed by atoms with E-state index < -0.39 is 0 Å². The van der Waals surface area contributed by atoms with Crippen molar-refractivity contribution in [3.63, 3.8) is 0 Å². The van der Waals surface area contributed by atoms with Gasteiger partial charge in [0, 0.05) is 19.3 Å². The first kappa shape index (κ1) is 13.9. The molecule has 1 amide bonds. The first-order valence-electron chi connectivity index (χ1n) is 7.04. The maximum atomic E-state index is 12.7. The van der Waals surface area contributed by atoms with Crippen molar-refractivity contribution in [3.05, 3.63) is 18.0 Å². The number of likely N-dealkylation sites (tertiary alicyclic amines) is 1. The Labute approximate surface area is 114 Å². The van der Waals surface area contributed by atoms with Crippen LogP contribution in [-0.2, 0) is 6.54 Å². The number of hydrogen-bond donors (Lipinski definition) is 2. The van der Waals surface area contributed by atoms with Crippen molar-refractivity contribution in [1.29, 1.82) is 0 Å². The SMILES string of the molecule is CCn1cc(N)cc1C(=O)N1CCCCCC1CO. The topological polar surface area (TPSA) is 71.5 Å². The van der Waals surface area contributed by atoms with Crippen LogP contribution in [0.1, 0.15) is 43.1 Å². The molecule has 0 radical (unpaired) electrons. The first-order valence-corrected chi connectivity index (χ1v) is 7.04. The molecule has 1 aliphatic heterocycles. The molecule has 1 aromatic heterocycles. The molecule has 0 bridgehead atoms. The van der Waals surface area contributed by atoms with Crippen LogP contribution in [0.5, 0.6) is 0 Å². The summed E-state index contributed by atoms with van der Waals surface area (Å²) in [4.78, 5) is 14.5. The van der Waals surface area contributed by atoms with E-state index in [0.29, 0.717) is 11.4 Å². The summed E-state index contributed by atoms with van der Waals surface area (Å²) in [6.07, 6.45) is 5.87. The Bertz CT molecular complexity index is 442. The first-order chi connectivity index (χ1) is 9.17. The summed E-state index contributed by atoms with van der Waals surface area (Å²) in [5, 5.41) is 9.49. The lowest BCUT2D eigenvalue weighted by molar-refractivity contribution is 0.0589. The average Bonchev–Trinajstić information content (AvgIpc) is 2.64. The van der Waals surface area contributed by atoms with E-state index in [9.17, 15) is 9.90 Å². The van der Waals surface area contributed by atoms with E-state index in [1.807, 2.05) is 16.4 Å². The van der Waals surface area contributed by atoms with Crippen LogP contribution in [0.4, 0.5) is 5.69 Å². The summed E-state index contributed by atoms with van der Waals surface area (Å²) in [5.74, 6) is -0.0144. The minimum Gasteiger partial charge on any atom is -0.397 e. The number of hydrogen-bond acceptors (Lipinski definition) is 3. The molecule has 5 heteroatoms. The van der Waals surface area contributed by atoms with Gasteiger partial charge in [0.15, 0.2) is 0 Å². The van der Waals surface area contributed by atoms with E-state index in [4.69, 9.17) is 5.73 Å². The molecule has 0 aliphatic carbocycles. The predicted octanol–water partition coefficient (Wildman–Crippen LogP) is 1.47. The average molecular weight is 265 g/mol. The number of aromatic nitrogens is 1. The van der Waals surface area contributed by atoms with Gasteiger partial charge in [-0.25, -0.2) is 0 Å². The quantitative estimate of drug-likeness (QED) is 0.869. The molecule has 0 aromatic carbocycles. The fourth-order valence-corrected chi connectivity index (χ4v) is 2.76. The van der Waals surface area contributed by atoms with E-state index in [-0.39, 0.29) is 18.6 Å². The number of carbonyl (C=O) groups is 1. The normalized spacial score (nSPS) is 20.3. The predicted molar refractivity (Wildman–Crippen MR) is 74.9 cm³/mol. The van der Waals surface area contributed by atoms with Crippen molar-refractivity contribution >= 4 is 11.6 Å². The third-order valence-corrected chi connectivity index (χ3v) is 3.83. The molecule has 0 spiro atoms. The second-order valence-corrected chi connectivity index (χ2v) is 5.13. The van der Waals surface area contributed by atoms with Crippen molar-refractivity contribution in [2.45, 2.75) is 45.2 Å². The minimum atomic E-state index is -0.0589. The van der Waals surface area contributed by atoms with Crippen LogP contribution in [0.15, 0.2) is 12.3 Å². The van der Waals surface area contributed by atoms with Crippen LogP contribution in [-0.4, -0.2) is 39.7 Å². The number of nitrogens with two attached hydrogens (primary N) is 1. The van der Waals surface area contributed by atoms with Gasteiger partial charge in [-0.2, -0.15) is 0 Å². The third-order valence-electron chi connectivity index (χ3n) is 3.83. The molecule has 1 aromatic rings. The number of rotatable bonds is 3. The fourth-order valence-electron chi connectivity index (χ4n) is 2.76. The van der Waals surface area contributed by atoms with Crippen molar-refractivity contribution in [1.82, 2.24) is 9.47 Å². The van der Waals surface area contributed by atoms with Crippen molar-refractivity contribution in [2.75, 3.05) is 18.9 Å². The van der Waals surface area contributed by atoms with Gasteiger partial charge in [-0.3, -0.25) is 4.79 Å². The lowest BCUT2D eigenvalue weighted by atomic mass is 10.1. The van der Waals surface area contributed by atoms with Crippen LogP contribution >= 0.6 is 0 Å². The summed E-state index contributed by atoms with van der Waals surface area (Å²) in [5.41, 5.74) is 7.02. The fraction of sp³-hybridized carbons (Fsp3) is 0.643. The maximum Gasteiger partial charge on any atom is 0.270 e. The molecule has 106 valence electrons. The Balaban J connectivity index is 2.24. The standard InChI is InChI=1S/C14H23N3O2/c1-2-16-9-11(15)8-13(16)14(19)17-7-5-3-4-6-12(17)10-18/h8-9,12,18H,2-7,10,15H2,1H3. The Hall–Kier alpha value is -1.49. The highest BCUT2D eigenvalue weighted by molar-refractivity contribution is 5.94. The van der Waals surface area contributed by atoms with Gasteiger partial charge in [-0.05, 0) is 25.8 Å². The lowest BCUT2D eigenvalue weighted by Crippen LogP contribution is -2.42. The van der Waals surface area contributed by atoms with E-state index in [1.54, 1.807) is 12.3 Å². The summed E-state index contributed by atoms with van der Waals surface area (Å²) in [7, 11) is 0. The molecule has 1 aliphatic rings. The number of amides is 1.